The number of fused-ring (bicyclic) bond motifs is 1. The summed E-state index contributed by atoms with van der Waals surface area (Å²) in [6.45, 7) is 8.76. The number of ether oxygens (including phenoxy) is 1. The van der Waals surface area contributed by atoms with Gasteiger partial charge in [-0.05, 0) is 55.8 Å². The highest BCUT2D eigenvalue weighted by molar-refractivity contribution is 7.10. The third-order valence-corrected chi connectivity index (χ3v) is 6.67. The molecule has 3 rings (SSSR count). The Morgan fingerprint density at radius 3 is 2.66 bits per heavy atom. The smallest absolute Gasteiger partial charge is 0.242 e. The Morgan fingerprint density at radius 2 is 2.00 bits per heavy atom. The van der Waals surface area contributed by atoms with Crippen molar-refractivity contribution in [2.75, 3.05) is 19.7 Å². The van der Waals surface area contributed by atoms with Gasteiger partial charge < -0.3 is 14.5 Å². The number of carbonyl (C=O) groups is 2. The average molecular weight is 415 g/mol. The van der Waals surface area contributed by atoms with E-state index in [9.17, 15) is 9.59 Å². The monoisotopic (exact) mass is 414 g/mol. The fraction of sp³-hybridized carbons (Fsp3) is 0.478. The fourth-order valence-electron chi connectivity index (χ4n) is 3.72. The molecule has 5 nitrogen and oxygen atoms in total. The lowest BCUT2D eigenvalue weighted by Gasteiger charge is -2.37. The van der Waals surface area contributed by atoms with Gasteiger partial charge in [-0.15, -0.1) is 11.3 Å². The first kappa shape index (κ1) is 21.4. The molecule has 156 valence electrons. The Hall–Kier alpha value is -2.34. The van der Waals surface area contributed by atoms with Gasteiger partial charge in [0.05, 0.1) is 12.6 Å². The summed E-state index contributed by atoms with van der Waals surface area (Å²) in [6.07, 6.45) is 1.67. The minimum Gasteiger partial charge on any atom is -0.491 e. The van der Waals surface area contributed by atoms with Crippen molar-refractivity contribution in [1.82, 2.24) is 9.80 Å². The highest BCUT2D eigenvalue weighted by atomic mass is 32.1. The summed E-state index contributed by atoms with van der Waals surface area (Å²) in [5.41, 5.74) is 2.35. The second-order valence-electron chi connectivity index (χ2n) is 7.68. The fourth-order valence-corrected chi connectivity index (χ4v) is 4.65. The number of thiophene rings is 1. The maximum atomic E-state index is 13.2. The van der Waals surface area contributed by atoms with Crippen molar-refractivity contribution in [2.24, 2.45) is 0 Å². The summed E-state index contributed by atoms with van der Waals surface area (Å²) < 4.78 is 6.06. The van der Waals surface area contributed by atoms with E-state index < -0.39 is 0 Å². The molecule has 29 heavy (non-hydrogen) atoms. The molecule has 6 heteroatoms. The van der Waals surface area contributed by atoms with Gasteiger partial charge in [-0.1, -0.05) is 24.6 Å². The molecule has 2 atom stereocenters. The molecule has 2 heterocycles. The number of amides is 2. The van der Waals surface area contributed by atoms with Crippen LogP contribution in [-0.4, -0.2) is 47.4 Å². The van der Waals surface area contributed by atoms with Crippen LogP contribution >= 0.6 is 11.3 Å². The molecule has 1 aromatic carbocycles. The summed E-state index contributed by atoms with van der Waals surface area (Å²) in [6, 6.07) is 9.96. The Kier molecular flexibility index (Phi) is 6.96. The number of aryl methyl sites for hydroxylation is 1. The first-order chi connectivity index (χ1) is 13.9. The van der Waals surface area contributed by atoms with Crippen molar-refractivity contribution in [3.05, 3.63) is 51.7 Å². The Bertz CT molecular complexity index is 846. The van der Waals surface area contributed by atoms with Gasteiger partial charge >= 0.3 is 0 Å². The molecule has 0 bridgehead atoms. The van der Waals surface area contributed by atoms with Crippen molar-refractivity contribution in [1.29, 1.82) is 0 Å². The number of carbonyl (C=O) groups excluding carboxylic acids is 2. The molecule has 1 aliphatic rings. The Morgan fingerprint density at radius 1 is 1.28 bits per heavy atom. The van der Waals surface area contributed by atoms with E-state index >= 15 is 0 Å². The van der Waals surface area contributed by atoms with Gasteiger partial charge in [-0.25, -0.2) is 0 Å². The van der Waals surface area contributed by atoms with Crippen molar-refractivity contribution >= 4 is 23.2 Å². The number of hydrogen-bond acceptors (Lipinski definition) is 4. The highest BCUT2D eigenvalue weighted by Gasteiger charge is 2.33. The van der Waals surface area contributed by atoms with Crippen LogP contribution < -0.4 is 4.74 Å². The van der Waals surface area contributed by atoms with E-state index in [0.29, 0.717) is 13.2 Å². The quantitative estimate of drug-likeness (QED) is 0.682. The summed E-state index contributed by atoms with van der Waals surface area (Å²) in [7, 11) is 0. The van der Waals surface area contributed by atoms with Crippen molar-refractivity contribution in [2.45, 2.75) is 52.6 Å². The van der Waals surface area contributed by atoms with Crippen LogP contribution in [0.15, 0.2) is 35.7 Å². The maximum absolute atomic E-state index is 13.2. The molecule has 1 aliphatic heterocycles. The summed E-state index contributed by atoms with van der Waals surface area (Å²) >= 11 is 1.74. The van der Waals surface area contributed by atoms with Gasteiger partial charge in [-0.3, -0.25) is 9.59 Å². The van der Waals surface area contributed by atoms with Gasteiger partial charge in [0, 0.05) is 24.4 Å². The van der Waals surface area contributed by atoms with E-state index in [2.05, 4.69) is 11.4 Å². The topological polar surface area (TPSA) is 49.9 Å². The zero-order valence-corrected chi connectivity index (χ0v) is 18.5. The van der Waals surface area contributed by atoms with Gasteiger partial charge in [-0.2, -0.15) is 0 Å². The van der Waals surface area contributed by atoms with E-state index in [-0.39, 0.29) is 30.4 Å². The van der Waals surface area contributed by atoms with Crippen LogP contribution in [-0.2, 0) is 16.0 Å². The molecular formula is C23H30N2O3S. The zero-order valence-electron chi connectivity index (χ0n) is 17.7. The van der Waals surface area contributed by atoms with Gasteiger partial charge in [0.15, 0.2) is 0 Å². The molecule has 0 spiro atoms. The minimum absolute atomic E-state index is 0.0187. The molecule has 2 amide bonds. The van der Waals surface area contributed by atoms with Gasteiger partial charge in [0.1, 0.15) is 12.4 Å². The second-order valence-corrected chi connectivity index (χ2v) is 8.68. The largest absolute Gasteiger partial charge is 0.491 e. The predicted molar refractivity (Wildman–Crippen MR) is 116 cm³/mol. The normalized spacial score (nSPS) is 16.8. The SMILES string of the molecule is CC[C@@H](C)N(CC(=O)N1CCc2sccc2[C@@H]1COc1ccc(C)cc1)C(C)=O. The first-order valence-corrected chi connectivity index (χ1v) is 11.1. The van der Waals surface area contributed by atoms with E-state index in [4.69, 9.17) is 4.74 Å². The maximum Gasteiger partial charge on any atom is 0.242 e. The van der Waals surface area contributed by atoms with E-state index in [0.717, 1.165) is 18.6 Å². The van der Waals surface area contributed by atoms with Crippen LogP contribution in [0.1, 0.15) is 49.2 Å². The van der Waals surface area contributed by atoms with E-state index in [1.807, 2.05) is 49.9 Å². The lowest BCUT2D eigenvalue weighted by atomic mass is 10.00. The number of hydrogen-bond donors (Lipinski definition) is 0. The number of rotatable bonds is 7. The summed E-state index contributed by atoms with van der Waals surface area (Å²) in [5, 5.41) is 2.08. The number of benzene rings is 1. The lowest BCUT2D eigenvalue weighted by Crippen LogP contribution is -2.49. The molecule has 0 N–H and O–H groups in total. The number of nitrogens with zero attached hydrogens (tertiary/aromatic N) is 2. The van der Waals surface area contributed by atoms with Crippen LogP contribution in [0.4, 0.5) is 0 Å². The third-order valence-electron chi connectivity index (χ3n) is 5.68. The molecule has 0 unspecified atom stereocenters. The van der Waals surface area contributed by atoms with Crippen LogP contribution in [0.25, 0.3) is 0 Å². The lowest BCUT2D eigenvalue weighted by molar-refractivity contribution is -0.143. The summed E-state index contributed by atoms with van der Waals surface area (Å²) in [5.74, 6) is 0.721. The third kappa shape index (κ3) is 4.99. The van der Waals surface area contributed by atoms with Crippen LogP contribution in [0.5, 0.6) is 5.75 Å². The molecule has 0 fully saturated rings. The molecule has 0 saturated carbocycles. The molecule has 1 aromatic heterocycles. The highest BCUT2D eigenvalue weighted by Crippen LogP contribution is 2.34. The average Bonchev–Trinajstić information content (AvgIpc) is 3.19. The molecule has 2 aromatic rings. The Labute approximate surface area is 177 Å². The van der Waals surface area contributed by atoms with Crippen molar-refractivity contribution < 1.29 is 14.3 Å². The second kappa shape index (κ2) is 9.44. The standard InChI is InChI=1S/C23H30N2O3S/c1-5-17(3)25(18(4)26)14-23(27)24-12-10-22-20(11-13-29-22)21(24)15-28-19-8-6-16(2)7-9-19/h6-9,11,13,17,21H,5,10,12,14-15H2,1-4H3/t17-,21+/m1/s1. The van der Waals surface area contributed by atoms with Crippen molar-refractivity contribution in [3.8, 4) is 5.75 Å². The molecular weight excluding hydrogens is 384 g/mol. The van der Waals surface area contributed by atoms with Crippen molar-refractivity contribution in [3.63, 3.8) is 0 Å². The van der Waals surface area contributed by atoms with Gasteiger partial charge in [0.2, 0.25) is 11.8 Å². The molecule has 0 saturated heterocycles. The predicted octanol–water partition coefficient (Wildman–Crippen LogP) is 4.21. The molecule has 0 radical (unpaired) electrons. The van der Waals surface area contributed by atoms with Crippen LogP contribution in [0.2, 0.25) is 0 Å². The molecule has 0 aliphatic carbocycles. The van der Waals surface area contributed by atoms with Crippen LogP contribution in [0.3, 0.4) is 0 Å². The Balaban J connectivity index is 1.77. The van der Waals surface area contributed by atoms with E-state index in [1.54, 1.807) is 16.2 Å². The zero-order chi connectivity index (χ0) is 21.0. The van der Waals surface area contributed by atoms with Gasteiger partial charge in [0.25, 0.3) is 0 Å². The van der Waals surface area contributed by atoms with Crippen LogP contribution in [0, 0.1) is 6.92 Å². The van der Waals surface area contributed by atoms with E-state index in [1.165, 1.54) is 22.9 Å². The summed E-state index contributed by atoms with van der Waals surface area (Å²) in [4.78, 5) is 30.2. The first-order valence-electron chi connectivity index (χ1n) is 10.2. The minimum atomic E-state index is -0.135.